The number of nitrogens with zero attached hydrogens (tertiary/aromatic N) is 5. The minimum absolute atomic E-state index is 0. The zero-order valence-corrected chi connectivity index (χ0v) is 27.2. The second-order valence-corrected chi connectivity index (χ2v) is 10.9. The summed E-state index contributed by atoms with van der Waals surface area (Å²) in [5, 5.41) is 8.08. The standard InChI is InChI=1S/C40H27N5.Pt/c1-2-36-32-17-5-6-18-33(32)38(44-36)22-28-14-10-15-30(43-28)24-40-35-20-8-7-19-34(35)39(45-40)23-29-13-9-12-27(42-29)21-37-31-16-4-3-11-26(31)25-41-37;/h2-25H,1H3;/q-2;+2/b36-2-,37-21-,38-22-,39-23-,40-24-;. The SMILES string of the molecule is C/C=c1\[n-]/c(=C\c2cccc(/C=c3\[n-]/c(=C\c4cccc(/C=C5\N=Cc6ccccc65)n4)c4ccccc34)n2)c2ccccc12.[Pt+2]. The van der Waals surface area contributed by atoms with Gasteiger partial charge in [0, 0.05) is 17.3 Å². The Balaban J connectivity index is 0.00000338. The molecule has 0 spiro atoms. The van der Waals surface area contributed by atoms with E-state index in [2.05, 4.69) is 41.4 Å². The maximum atomic E-state index is 5.05. The van der Waals surface area contributed by atoms with Gasteiger partial charge in [-0.25, -0.2) is 9.97 Å². The molecule has 3 aromatic carbocycles. The van der Waals surface area contributed by atoms with E-state index < -0.39 is 0 Å². The van der Waals surface area contributed by atoms with Crippen molar-refractivity contribution in [2.24, 2.45) is 4.99 Å². The van der Waals surface area contributed by atoms with Gasteiger partial charge in [-0.05, 0) is 58.8 Å². The Bertz CT molecular complexity index is 2570. The zero-order valence-electron chi connectivity index (χ0n) is 24.9. The maximum Gasteiger partial charge on any atom is 2.00 e. The number of aliphatic imine (C=N–C) groups is 1. The van der Waals surface area contributed by atoms with Crippen LogP contribution in [0.4, 0.5) is 0 Å². The third-order valence-electron chi connectivity index (χ3n) is 8.02. The molecule has 4 aromatic heterocycles. The van der Waals surface area contributed by atoms with Crippen LogP contribution in [0.25, 0.3) is 57.6 Å². The van der Waals surface area contributed by atoms with Crippen molar-refractivity contribution < 1.29 is 21.1 Å². The van der Waals surface area contributed by atoms with Crippen molar-refractivity contribution in [1.82, 2.24) is 19.9 Å². The Morgan fingerprint density at radius 3 is 1.43 bits per heavy atom. The molecule has 0 unspecified atom stereocenters. The van der Waals surface area contributed by atoms with Gasteiger partial charge < -0.3 is 9.97 Å². The average Bonchev–Trinajstić information content (AvgIpc) is 3.75. The minimum atomic E-state index is 0. The first kappa shape index (κ1) is 29.3. The molecular formula is C40H27N5Pt. The quantitative estimate of drug-likeness (QED) is 0.255. The van der Waals surface area contributed by atoms with Crippen LogP contribution in [0, 0.1) is 0 Å². The number of fused-ring (bicyclic) bond motifs is 3. The van der Waals surface area contributed by atoms with Gasteiger partial charge in [0.1, 0.15) is 0 Å². The molecule has 0 N–H and O–H groups in total. The molecule has 0 fully saturated rings. The molecule has 46 heavy (non-hydrogen) atoms. The Morgan fingerprint density at radius 2 is 0.913 bits per heavy atom. The minimum Gasteiger partial charge on any atom is -0.657 e. The topological polar surface area (TPSA) is 66.3 Å². The van der Waals surface area contributed by atoms with Crippen molar-refractivity contribution in [2.45, 2.75) is 6.92 Å². The molecule has 0 atom stereocenters. The Kier molecular flexibility index (Phi) is 8.00. The fourth-order valence-electron chi connectivity index (χ4n) is 5.90. The zero-order chi connectivity index (χ0) is 30.2. The molecule has 1 aliphatic heterocycles. The van der Waals surface area contributed by atoms with E-state index in [-0.39, 0.29) is 21.1 Å². The van der Waals surface area contributed by atoms with Gasteiger partial charge >= 0.3 is 21.1 Å². The van der Waals surface area contributed by atoms with Crippen LogP contribution in [0.15, 0.2) is 114 Å². The fourth-order valence-corrected chi connectivity index (χ4v) is 5.90. The van der Waals surface area contributed by atoms with Crippen LogP contribution in [0.1, 0.15) is 40.8 Å². The number of aromatic nitrogens is 4. The van der Waals surface area contributed by atoms with Gasteiger partial charge in [0.25, 0.3) is 0 Å². The summed E-state index contributed by atoms with van der Waals surface area (Å²) in [4.78, 5) is 24.4. The summed E-state index contributed by atoms with van der Waals surface area (Å²) in [5.74, 6) is 0. The monoisotopic (exact) mass is 772 g/mol. The number of benzene rings is 3. The fraction of sp³-hybridized carbons (Fsp3) is 0.0250. The first-order valence-electron chi connectivity index (χ1n) is 15.0. The summed E-state index contributed by atoms with van der Waals surface area (Å²) in [7, 11) is 0. The van der Waals surface area contributed by atoms with Gasteiger partial charge in [0.15, 0.2) is 0 Å². The first-order chi connectivity index (χ1) is 22.2. The van der Waals surface area contributed by atoms with Gasteiger partial charge in [-0.3, -0.25) is 4.99 Å². The molecule has 5 nitrogen and oxygen atoms in total. The van der Waals surface area contributed by atoms with Gasteiger partial charge in [-0.2, -0.15) is 0 Å². The molecule has 0 bridgehead atoms. The number of hydrogen-bond donors (Lipinski definition) is 0. The van der Waals surface area contributed by atoms with Crippen molar-refractivity contribution in [3.63, 3.8) is 0 Å². The summed E-state index contributed by atoms with van der Waals surface area (Å²) >= 11 is 0. The van der Waals surface area contributed by atoms with Crippen molar-refractivity contribution in [3.8, 4) is 0 Å². The van der Waals surface area contributed by atoms with Gasteiger partial charge in [0.05, 0.1) is 28.5 Å². The van der Waals surface area contributed by atoms with E-state index in [1.54, 1.807) is 0 Å². The van der Waals surface area contributed by atoms with E-state index in [4.69, 9.17) is 19.9 Å². The Morgan fingerprint density at radius 1 is 0.478 bits per heavy atom. The molecule has 6 heteroatoms. The molecule has 222 valence electrons. The van der Waals surface area contributed by atoms with Crippen LogP contribution >= 0.6 is 0 Å². The van der Waals surface area contributed by atoms with Crippen LogP contribution in [0.2, 0.25) is 0 Å². The van der Waals surface area contributed by atoms with Crippen molar-refractivity contribution >= 4 is 63.8 Å². The van der Waals surface area contributed by atoms with E-state index in [9.17, 15) is 0 Å². The van der Waals surface area contributed by atoms with Gasteiger partial charge in [-0.15, -0.1) is 27.5 Å². The molecule has 0 radical (unpaired) electrons. The van der Waals surface area contributed by atoms with E-state index in [0.717, 1.165) is 82.5 Å². The van der Waals surface area contributed by atoms with E-state index in [1.165, 1.54) is 0 Å². The average molecular weight is 773 g/mol. The normalized spacial score (nSPS) is 14.9. The van der Waals surface area contributed by atoms with Crippen LogP contribution in [-0.2, 0) is 21.1 Å². The predicted octanol–water partition coefficient (Wildman–Crippen LogP) is 4.91. The molecule has 7 aromatic rings. The molecular weight excluding hydrogens is 746 g/mol. The largest absolute Gasteiger partial charge is 2.00 e. The molecule has 8 rings (SSSR count). The Labute approximate surface area is 280 Å². The summed E-state index contributed by atoms with van der Waals surface area (Å²) < 4.78 is 0. The van der Waals surface area contributed by atoms with Crippen LogP contribution in [-0.4, -0.2) is 16.2 Å². The van der Waals surface area contributed by atoms with Gasteiger partial charge in [0.2, 0.25) is 0 Å². The van der Waals surface area contributed by atoms with E-state index in [1.807, 2.05) is 116 Å². The third-order valence-corrected chi connectivity index (χ3v) is 8.02. The van der Waals surface area contributed by atoms with Gasteiger partial charge in [-0.1, -0.05) is 103 Å². The van der Waals surface area contributed by atoms with Crippen LogP contribution in [0.5, 0.6) is 0 Å². The molecule has 0 saturated carbocycles. The van der Waals surface area contributed by atoms with Crippen molar-refractivity contribution in [3.05, 3.63) is 164 Å². The first-order valence-corrected chi connectivity index (χ1v) is 15.0. The number of pyridine rings is 2. The smallest absolute Gasteiger partial charge is 0.657 e. The Hall–Kier alpha value is -5.38. The second-order valence-electron chi connectivity index (χ2n) is 10.9. The second kappa shape index (κ2) is 12.5. The molecule has 0 amide bonds. The maximum absolute atomic E-state index is 5.05. The molecule has 0 aliphatic carbocycles. The summed E-state index contributed by atoms with van der Waals surface area (Å²) in [6.07, 6.45) is 12.1. The van der Waals surface area contributed by atoms with E-state index in [0.29, 0.717) is 0 Å². The van der Waals surface area contributed by atoms with Crippen molar-refractivity contribution in [2.75, 3.05) is 0 Å². The number of hydrogen-bond acceptors (Lipinski definition) is 3. The van der Waals surface area contributed by atoms with Crippen LogP contribution in [0.3, 0.4) is 0 Å². The predicted molar refractivity (Wildman–Crippen MR) is 184 cm³/mol. The summed E-state index contributed by atoms with van der Waals surface area (Å²) in [6, 6.07) is 36.9. The molecule has 5 heterocycles. The summed E-state index contributed by atoms with van der Waals surface area (Å²) in [6.45, 7) is 2.02. The third kappa shape index (κ3) is 5.62. The molecule has 1 aliphatic rings. The van der Waals surface area contributed by atoms with Crippen molar-refractivity contribution in [1.29, 1.82) is 0 Å². The summed E-state index contributed by atoms with van der Waals surface area (Å²) in [5.41, 5.74) is 6.54. The molecule has 0 saturated heterocycles. The van der Waals surface area contributed by atoms with E-state index >= 15 is 0 Å². The number of rotatable bonds is 4. The van der Waals surface area contributed by atoms with Crippen LogP contribution < -0.4 is 31.4 Å².